The standard InChI is InChI=1S/C22H36O2/c1-14(13-23)19-6-7-20-18-5-4-15-12-21(2,24)10-8-16(15)17(18)9-11-22(19,20)3/h15-20,23-24H,1,4-13H2,2-3H3/t15-,16+,17-,18-,19-,20+,21-,22-/m1/s1. The minimum absolute atomic E-state index is 0.168. The maximum Gasteiger partial charge on any atom is 0.0642 e. The maximum atomic E-state index is 10.5. The molecule has 0 unspecified atom stereocenters. The van der Waals surface area contributed by atoms with Crippen molar-refractivity contribution in [1.82, 2.24) is 0 Å². The Labute approximate surface area is 147 Å². The molecule has 0 saturated heterocycles. The van der Waals surface area contributed by atoms with Gasteiger partial charge >= 0.3 is 0 Å². The zero-order valence-electron chi connectivity index (χ0n) is 15.6. The van der Waals surface area contributed by atoms with Gasteiger partial charge in [-0.2, -0.15) is 0 Å². The maximum absolute atomic E-state index is 10.5. The van der Waals surface area contributed by atoms with Crippen molar-refractivity contribution in [2.75, 3.05) is 6.61 Å². The molecule has 0 amide bonds. The summed E-state index contributed by atoms with van der Waals surface area (Å²) in [5.41, 5.74) is 1.06. The van der Waals surface area contributed by atoms with Gasteiger partial charge in [-0.3, -0.25) is 0 Å². The minimum Gasteiger partial charge on any atom is -0.392 e. The lowest BCUT2D eigenvalue weighted by molar-refractivity contribution is -0.0980. The number of aliphatic hydroxyl groups is 2. The lowest BCUT2D eigenvalue weighted by Crippen LogP contribution is -2.50. The Morgan fingerprint density at radius 1 is 0.958 bits per heavy atom. The zero-order chi connectivity index (χ0) is 17.1. The van der Waals surface area contributed by atoms with E-state index in [1.54, 1.807) is 0 Å². The first-order valence-corrected chi connectivity index (χ1v) is 10.4. The zero-order valence-corrected chi connectivity index (χ0v) is 15.6. The number of hydrogen-bond acceptors (Lipinski definition) is 2. The van der Waals surface area contributed by atoms with Gasteiger partial charge in [0, 0.05) is 0 Å². The second-order valence-electron chi connectivity index (χ2n) is 10.2. The molecule has 4 aliphatic carbocycles. The summed E-state index contributed by atoms with van der Waals surface area (Å²) in [5, 5.41) is 20.1. The van der Waals surface area contributed by atoms with Gasteiger partial charge in [0.15, 0.2) is 0 Å². The molecule has 4 aliphatic rings. The highest BCUT2D eigenvalue weighted by molar-refractivity contribution is 5.15. The van der Waals surface area contributed by atoms with Gasteiger partial charge in [-0.25, -0.2) is 0 Å². The van der Waals surface area contributed by atoms with Crippen LogP contribution in [-0.2, 0) is 0 Å². The van der Waals surface area contributed by atoms with E-state index < -0.39 is 5.60 Å². The predicted octanol–water partition coefficient (Wildman–Crippen LogP) is 4.55. The summed E-state index contributed by atoms with van der Waals surface area (Å²) in [5.74, 6) is 4.81. The van der Waals surface area contributed by atoms with E-state index in [1.807, 2.05) is 0 Å². The van der Waals surface area contributed by atoms with Gasteiger partial charge in [-0.1, -0.05) is 13.5 Å². The van der Waals surface area contributed by atoms with E-state index in [4.69, 9.17) is 0 Å². The molecule has 4 saturated carbocycles. The van der Waals surface area contributed by atoms with Crippen LogP contribution in [0.4, 0.5) is 0 Å². The molecule has 0 heterocycles. The number of hydrogen-bond donors (Lipinski definition) is 2. The van der Waals surface area contributed by atoms with Crippen molar-refractivity contribution in [2.45, 2.75) is 77.2 Å². The molecular formula is C22H36O2. The third kappa shape index (κ3) is 2.51. The summed E-state index contributed by atoms with van der Waals surface area (Å²) in [6, 6.07) is 0. The van der Waals surface area contributed by atoms with Gasteiger partial charge in [-0.05, 0) is 111 Å². The van der Waals surface area contributed by atoms with Gasteiger partial charge < -0.3 is 10.2 Å². The van der Waals surface area contributed by atoms with Crippen molar-refractivity contribution >= 4 is 0 Å². The summed E-state index contributed by atoms with van der Waals surface area (Å²) in [7, 11) is 0. The first kappa shape index (κ1) is 17.1. The molecule has 2 heteroatoms. The molecule has 136 valence electrons. The van der Waals surface area contributed by atoms with Crippen LogP contribution in [0.3, 0.4) is 0 Å². The van der Waals surface area contributed by atoms with E-state index in [2.05, 4.69) is 20.4 Å². The van der Waals surface area contributed by atoms with Crippen molar-refractivity contribution in [3.05, 3.63) is 12.2 Å². The normalized spacial score (nSPS) is 53.8. The van der Waals surface area contributed by atoms with Crippen molar-refractivity contribution in [2.24, 2.45) is 40.9 Å². The quantitative estimate of drug-likeness (QED) is 0.728. The molecule has 0 radical (unpaired) electrons. The fraction of sp³-hybridized carbons (Fsp3) is 0.909. The molecule has 0 aromatic carbocycles. The van der Waals surface area contributed by atoms with Gasteiger partial charge in [0.2, 0.25) is 0 Å². The Morgan fingerprint density at radius 2 is 1.71 bits per heavy atom. The SMILES string of the molecule is C=C(CO)[C@H]1CC[C@H]2[C@@H]3CC[C@@H]4C[C@](C)(O)CC[C@@H]4[C@H]3CC[C@]12C. The topological polar surface area (TPSA) is 40.5 Å². The van der Waals surface area contributed by atoms with E-state index in [1.165, 1.54) is 44.9 Å². The Morgan fingerprint density at radius 3 is 2.46 bits per heavy atom. The molecule has 0 spiro atoms. The predicted molar refractivity (Wildman–Crippen MR) is 97.4 cm³/mol. The van der Waals surface area contributed by atoms with Crippen LogP contribution in [0.25, 0.3) is 0 Å². The first-order valence-electron chi connectivity index (χ1n) is 10.4. The molecule has 0 aliphatic heterocycles. The van der Waals surface area contributed by atoms with Crippen LogP contribution < -0.4 is 0 Å². The third-order valence-corrected chi connectivity index (χ3v) is 8.93. The average molecular weight is 333 g/mol. The summed E-state index contributed by atoms with van der Waals surface area (Å²) in [6.07, 6.45) is 11.3. The molecule has 8 atom stereocenters. The van der Waals surface area contributed by atoms with Gasteiger partial charge in [0.25, 0.3) is 0 Å². The van der Waals surface area contributed by atoms with Crippen molar-refractivity contribution in [1.29, 1.82) is 0 Å². The molecule has 4 rings (SSSR count). The second-order valence-corrected chi connectivity index (χ2v) is 10.2. The van der Waals surface area contributed by atoms with Crippen molar-refractivity contribution in [3.8, 4) is 0 Å². The highest BCUT2D eigenvalue weighted by atomic mass is 16.3. The van der Waals surface area contributed by atoms with Crippen LogP contribution in [-0.4, -0.2) is 22.4 Å². The molecule has 0 bridgehead atoms. The lowest BCUT2D eigenvalue weighted by Gasteiger charge is -2.57. The first-order chi connectivity index (χ1) is 11.4. The third-order valence-electron chi connectivity index (χ3n) is 8.93. The second kappa shape index (κ2) is 5.84. The monoisotopic (exact) mass is 332 g/mol. The Balaban J connectivity index is 1.54. The van der Waals surface area contributed by atoms with E-state index in [9.17, 15) is 10.2 Å². The summed E-state index contributed by atoms with van der Waals surface area (Å²) < 4.78 is 0. The summed E-state index contributed by atoms with van der Waals surface area (Å²) in [6.45, 7) is 8.92. The van der Waals surface area contributed by atoms with Crippen LogP contribution in [0.15, 0.2) is 12.2 Å². The number of rotatable bonds is 2. The number of fused-ring (bicyclic) bond motifs is 5. The largest absolute Gasteiger partial charge is 0.392 e. The van der Waals surface area contributed by atoms with Crippen molar-refractivity contribution in [3.63, 3.8) is 0 Å². The molecule has 0 aromatic heterocycles. The van der Waals surface area contributed by atoms with Gasteiger partial charge in [-0.15, -0.1) is 0 Å². The summed E-state index contributed by atoms with van der Waals surface area (Å²) in [4.78, 5) is 0. The highest BCUT2D eigenvalue weighted by Crippen LogP contribution is 2.65. The van der Waals surface area contributed by atoms with Crippen molar-refractivity contribution < 1.29 is 10.2 Å². The molecule has 0 aromatic rings. The average Bonchev–Trinajstić information content (AvgIpc) is 2.90. The number of aliphatic hydroxyl groups excluding tert-OH is 1. The van der Waals surface area contributed by atoms with E-state index in [-0.39, 0.29) is 6.61 Å². The Hall–Kier alpha value is -0.340. The highest BCUT2D eigenvalue weighted by Gasteiger charge is 2.57. The van der Waals surface area contributed by atoms with Crippen LogP contribution in [0, 0.1) is 40.9 Å². The van der Waals surface area contributed by atoms with E-state index >= 15 is 0 Å². The fourth-order valence-corrected chi connectivity index (χ4v) is 7.86. The fourth-order valence-electron chi connectivity index (χ4n) is 7.86. The Bertz CT molecular complexity index is 510. The van der Waals surface area contributed by atoms with Crippen LogP contribution >= 0.6 is 0 Å². The summed E-state index contributed by atoms with van der Waals surface area (Å²) >= 11 is 0. The van der Waals surface area contributed by atoms with Crippen LogP contribution in [0.5, 0.6) is 0 Å². The Kier molecular flexibility index (Phi) is 4.16. The molecule has 24 heavy (non-hydrogen) atoms. The van der Waals surface area contributed by atoms with Crippen LogP contribution in [0.2, 0.25) is 0 Å². The molecule has 2 nitrogen and oxygen atoms in total. The minimum atomic E-state index is -0.408. The molecule has 2 N–H and O–H groups in total. The van der Waals surface area contributed by atoms with E-state index in [0.717, 1.165) is 48.0 Å². The van der Waals surface area contributed by atoms with E-state index in [0.29, 0.717) is 11.3 Å². The lowest BCUT2D eigenvalue weighted by atomic mass is 9.49. The molecular weight excluding hydrogens is 296 g/mol. The molecule has 4 fully saturated rings. The van der Waals surface area contributed by atoms with Gasteiger partial charge in [0.1, 0.15) is 0 Å². The van der Waals surface area contributed by atoms with Crippen LogP contribution in [0.1, 0.15) is 71.6 Å². The van der Waals surface area contributed by atoms with Gasteiger partial charge in [0.05, 0.1) is 12.2 Å². The smallest absolute Gasteiger partial charge is 0.0642 e.